The third kappa shape index (κ3) is 7.84. The molecule has 0 aliphatic carbocycles. The molecular weight excluding hydrogens is 566 g/mol. The first-order chi connectivity index (χ1) is 19.7. The number of nitrogens with one attached hydrogen (secondary N) is 2. The SMILES string of the molecule is CC(=N)N1CCC(Oc2c(C(N)=O)cc(N(CC=Cc3cccc(C(=N)N)c3)S(=O)(=O)CC(=O)O)cc2C(N)=O)CC1. The number of likely N-dealkylation sites (tertiary alicyclic amines) is 1. The number of carboxylic acids is 1. The molecule has 0 spiro atoms. The van der Waals surface area contributed by atoms with Gasteiger partial charge in [0.25, 0.3) is 11.8 Å². The fraction of sp³-hybridized carbons (Fsp3) is 0.296. The first-order valence-corrected chi connectivity index (χ1v) is 14.4. The molecule has 0 bridgehead atoms. The van der Waals surface area contributed by atoms with E-state index in [1.54, 1.807) is 37.3 Å². The molecule has 0 unspecified atom stereocenters. The lowest BCUT2D eigenvalue weighted by atomic mass is 10.0. The van der Waals surface area contributed by atoms with Crippen LogP contribution in [0.5, 0.6) is 5.75 Å². The van der Waals surface area contributed by atoms with Crippen molar-refractivity contribution in [2.24, 2.45) is 17.2 Å². The Morgan fingerprint density at radius 1 is 1.07 bits per heavy atom. The van der Waals surface area contributed by atoms with Crippen molar-refractivity contribution in [1.82, 2.24) is 4.90 Å². The quantitative estimate of drug-likeness (QED) is 0.150. The van der Waals surface area contributed by atoms with Gasteiger partial charge in [0.1, 0.15) is 17.7 Å². The maximum atomic E-state index is 13.2. The highest BCUT2D eigenvalue weighted by Crippen LogP contribution is 2.33. The number of anilines is 1. The predicted octanol–water partition coefficient (Wildman–Crippen LogP) is 0.943. The van der Waals surface area contributed by atoms with E-state index in [9.17, 15) is 27.9 Å². The van der Waals surface area contributed by atoms with Gasteiger partial charge in [-0.25, -0.2) is 8.42 Å². The van der Waals surface area contributed by atoms with E-state index in [1.807, 2.05) is 4.90 Å². The summed E-state index contributed by atoms with van der Waals surface area (Å²) in [4.78, 5) is 38.3. The van der Waals surface area contributed by atoms with E-state index in [0.29, 0.717) is 42.9 Å². The van der Waals surface area contributed by atoms with Gasteiger partial charge in [-0.05, 0) is 30.7 Å². The molecule has 3 rings (SSSR count). The predicted molar refractivity (Wildman–Crippen MR) is 157 cm³/mol. The maximum Gasteiger partial charge on any atom is 0.320 e. The van der Waals surface area contributed by atoms with E-state index < -0.39 is 46.2 Å². The highest BCUT2D eigenvalue weighted by molar-refractivity contribution is 7.93. The molecule has 9 N–H and O–H groups in total. The number of hydrogen-bond donors (Lipinski definition) is 6. The second-order valence-electron chi connectivity index (χ2n) is 9.61. The molecule has 1 aliphatic rings. The second-order valence-corrected chi connectivity index (χ2v) is 11.5. The topological polar surface area (TPSA) is 247 Å². The molecular formula is C27H33N7O7S. The normalized spacial score (nSPS) is 14.0. The minimum Gasteiger partial charge on any atom is -0.489 e. The Labute approximate surface area is 242 Å². The molecule has 2 aromatic rings. The van der Waals surface area contributed by atoms with Gasteiger partial charge in [0.2, 0.25) is 10.0 Å². The average Bonchev–Trinajstić information content (AvgIpc) is 2.90. The van der Waals surface area contributed by atoms with Crippen LogP contribution in [0.3, 0.4) is 0 Å². The van der Waals surface area contributed by atoms with E-state index in [2.05, 4.69) is 0 Å². The molecule has 1 fully saturated rings. The van der Waals surface area contributed by atoms with Gasteiger partial charge in [-0.1, -0.05) is 30.4 Å². The molecule has 0 aromatic heterocycles. The number of primary amides is 2. The lowest BCUT2D eigenvalue weighted by Crippen LogP contribution is -2.41. The van der Waals surface area contributed by atoms with E-state index in [4.69, 9.17) is 32.8 Å². The van der Waals surface area contributed by atoms with E-state index in [-0.39, 0.29) is 28.4 Å². The zero-order valence-corrected chi connectivity index (χ0v) is 23.7. The van der Waals surface area contributed by atoms with Crippen molar-refractivity contribution in [2.75, 3.05) is 29.7 Å². The van der Waals surface area contributed by atoms with Crippen molar-refractivity contribution < 1.29 is 32.6 Å². The third-order valence-electron chi connectivity index (χ3n) is 6.51. The van der Waals surface area contributed by atoms with Gasteiger partial charge in [-0.2, -0.15) is 0 Å². The van der Waals surface area contributed by atoms with Crippen LogP contribution in [0.15, 0.2) is 42.5 Å². The van der Waals surface area contributed by atoms with Gasteiger partial charge >= 0.3 is 5.97 Å². The zero-order valence-electron chi connectivity index (χ0n) is 22.9. The lowest BCUT2D eigenvalue weighted by molar-refractivity contribution is -0.134. The molecule has 1 heterocycles. The van der Waals surface area contributed by atoms with Crippen LogP contribution in [-0.4, -0.2) is 79.4 Å². The number of nitrogen functional groups attached to an aromatic ring is 1. The molecule has 42 heavy (non-hydrogen) atoms. The van der Waals surface area contributed by atoms with Gasteiger partial charge in [0.15, 0.2) is 5.75 Å². The standard InChI is InChI=1S/C27H33N7O7S/c1-16(28)33-10-7-20(8-11-33)41-24-21(26(31)37)13-19(14-22(24)27(32)38)34(42(39,40)15-23(35)36)9-3-5-17-4-2-6-18(12-17)25(29)30/h2-6,12-14,20,28H,7-11,15H2,1H3,(H3,29,30)(H2,31,37)(H2,32,38)(H,35,36). The van der Waals surface area contributed by atoms with Gasteiger partial charge < -0.3 is 31.9 Å². The summed E-state index contributed by atoms with van der Waals surface area (Å²) in [6.45, 7) is 2.30. The lowest BCUT2D eigenvalue weighted by Gasteiger charge is -2.33. The summed E-state index contributed by atoms with van der Waals surface area (Å²) < 4.78 is 33.1. The number of nitrogens with zero attached hydrogens (tertiary/aromatic N) is 2. The van der Waals surface area contributed by atoms with Crippen molar-refractivity contribution in [3.05, 3.63) is 64.7 Å². The molecule has 224 valence electrons. The first-order valence-electron chi connectivity index (χ1n) is 12.8. The fourth-order valence-corrected chi connectivity index (χ4v) is 5.64. The Bertz CT molecular complexity index is 1510. The van der Waals surface area contributed by atoms with Crippen molar-refractivity contribution in [3.63, 3.8) is 0 Å². The second kappa shape index (κ2) is 13.2. The number of rotatable bonds is 12. The van der Waals surface area contributed by atoms with Crippen LogP contribution in [0.4, 0.5) is 5.69 Å². The fourth-order valence-electron chi connectivity index (χ4n) is 4.43. The monoisotopic (exact) mass is 599 g/mol. The summed E-state index contributed by atoms with van der Waals surface area (Å²) in [5.41, 5.74) is 16.9. The van der Waals surface area contributed by atoms with Crippen LogP contribution in [0.25, 0.3) is 6.08 Å². The highest BCUT2D eigenvalue weighted by atomic mass is 32.2. The molecule has 15 heteroatoms. The molecule has 0 saturated carbocycles. The van der Waals surface area contributed by atoms with Crippen molar-refractivity contribution in [3.8, 4) is 5.75 Å². The summed E-state index contributed by atoms with van der Waals surface area (Å²) in [5.74, 6) is -4.89. The van der Waals surface area contributed by atoms with Crippen LogP contribution in [-0.2, 0) is 14.8 Å². The van der Waals surface area contributed by atoms with Gasteiger partial charge in [-0.15, -0.1) is 0 Å². The number of hydrogen-bond acceptors (Lipinski definition) is 8. The van der Waals surface area contributed by atoms with E-state index in [0.717, 1.165) is 16.4 Å². The first kappa shape index (κ1) is 31.6. The molecule has 14 nitrogen and oxygen atoms in total. The molecule has 1 aliphatic heterocycles. The van der Waals surface area contributed by atoms with Gasteiger partial charge in [-0.3, -0.25) is 29.5 Å². The Balaban J connectivity index is 2.05. The van der Waals surface area contributed by atoms with Crippen molar-refractivity contribution in [2.45, 2.75) is 25.9 Å². The van der Waals surface area contributed by atoms with Crippen LogP contribution < -0.4 is 26.2 Å². The Kier molecular flexibility index (Phi) is 9.90. The highest BCUT2D eigenvalue weighted by Gasteiger charge is 2.30. The van der Waals surface area contributed by atoms with Crippen LogP contribution in [0.1, 0.15) is 51.6 Å². The van der Waals surface area contributed by atoms with E-state index >= 15 is 0 Å². The number of carbonyl (C=O) groups excluding carboxylic acids is 2. The number of ether oxygens (including phenoxy) is 1. The summed E-state index contributed by atoms with van der Waals surface area (Å²) in [6.07, 6.45) is 3.48. The third-order valence-corrected chi connectivity index (χ3v) is 8.16. The number of nitrogens with two attached hydrogens (primary N) is 3. The number of sulfonamides is 1. The Hall–Kier alpha value is -4.92. The van der Waals surface area contributed by atoms with Crippen molar-refractivity contribution >= 4 is 51.2 Å². The summed E-state index contributed by atoms with van der Waals surface area (Å²) in [5, 5.41) is 24.6. The molecule has 0 atom stereocenters. The largest absolute Gasteiger partial charge is 0.489 e. The maximum absolute atomic E-state index is 13.2. The number of carboxylic acid groups (broad SMARTS) is 1. The molecule has 2 aromatic carbocycles. The Morgan fingerprint density at radius 2 is 1.67 bits per heavy atom. The van der Waals surface area contributed by atoms with Gasteiger partial charge in [0.05, 0.1) is 29.2 Å². The zero-order chi connectivity index (χ0) is 31.2. The smallest absolute Gasteiger partial charge is 0.320 e. The number of amidine groups is 2. The average molecular weight is 600 g/mol. The minimum atomic E-state index is -4.53. The minimum absolute atomic E-state index is 0.161. The van der Waals surface area contributed by atoms with Crippen molar-refractivity contribution in [1.29, 1.82) is 10.8 Å². The van der Waals surface area contributed by atoms with E-state index in [1.165, 1.54) is 6.08 Å². The van der Waals surface area contributed by atoms with Crippen LogP contribution in [0, 0.1) is 10.8 Å². The van der Waals surface area contributed by atoms with Crippen LogP contribution in [0.2, 0.25) is 0 Å². The van der Waals surface area contributed by atoms with Crippen LogP contribution >= 0.6 is 0 Å². The number of aliphatic carboxylic acids is 1. The number of benzene rings is 2. The molecule has 1 saturated heterocycles. The molecule has 2 amide bonds. The Morgan fingerprint density at radius 3 is 2.17 bits per heavy atom. The van der Waals surface area contributed by atoms with Gasteiger partial charge in [0, 0.05) is 31.5 Å². The summed E-state index contributed by atoms with van der Waals surface area (Å²) in [6, 6.07) is 8.81. The summed E-state index contributed by atoms with van der Waals surface area (Å²) >= 11 is 0. The number of piperidine rings is 1. The molecule has 0 radical (unpaired) electrons. The number of amides is 2. The summed E-state index contributed by atoms with van der Waals surface area (Å²) in [7, 11) is -4.53. The number of carbonyl (C=O) groups is 3.